The van der Waals surface area contributed by atoms with Crippen molar-refractivity contribution in [3.63, 3.8) is 0 Å². The zero-order valence-electron chi connectivity index (χ0n) is 6.72. The molecule has 0 aromatic heterocycles. The smallest absolute Gasteiger partial charge is 0.0627 e. The van der Waals surface area contributed by atoms with Gasteiger partial charge in [-0.25, -0.2) is 0 Å². The standard InChI is InChI=1S/C9H10Cl2O/c1-6(5-12)7-3-2-4-8(10)9(7)11/h2-4,6,12H,5H2,1H3. The molecule has 1 aromatic rings. The zero-order valence-corrected chi connectivity index (χ0v) is 8.23. The van der Waals surface area contributed by atoms with Gasteiger partial charge in [0.25, 0.3) is 0 Å². The van der Waals surface area contributed by atoms with Crippen molar-refractivity contribution in [2.45, 2.75) is 12.8 Å². The van der Waals surface area contributed by atoms with Crippen LogP contribution in [0, 0.1) is 0 Å². The van der Waals surface area contributed by atoms with E-state index in [1.165, 1.54) is 0 Å². The highest BCUT2D eigenvalue weighted by Crippen LogP contribution is 2.30. The van der Waals surface area contributed by atoms with Gasteiger partial charge in [-0.15, -0.1) is 0 Å². The number of halogens is 2. The SMILES string of the molecule is CC(CO)c1cccc(Cl)c1Cl. The van der Waals surface area contributed by atoms with Crippen LogP contribution in [-0.2, 0) is 0 Å². The Labute approximate surface area is 81.9 Å². The molecule has 1 rings (SSSR count). The van der Waals surface area contributed by atoms with E-state index in [2.05, 4.69) is 0 Å². The highest BCUT2D eigenvalue weighted by Gasteiger charge is 2.09. The van der Waals surface area contributed by atoms with Crippen LogP contribution in [0.1, 0.15) is 18.4 Å². The van der Waals surface area contributed by atoms with E-state index in [4.69, 9.17) is 28.3 Å². The van der Waals surface area contributed by atoms with Gasteiger partial charge in [-0.1, -0.05) is 42.3 Å². The fraction of sp³-hybridized carbons (Fsp3) is 0.333. The Bertz CT molecular complexity index is 273. The van der Waals surface area contributed by atoms with Crippen LogP contribution in [0.3, 0.4) is 0 Å². The van der Waals surface area contributed by atoms with E-state index in [0.29, 0.717) is 10.0 Å². The van der Waals surface area contributed by atoms with Gasteiger partial charge in [-0.3, -0.25) is 0 Å². The normalized spacial score (nSPS) is 13.0. The van der Waals surface area contributed by atoms with Crippen LogP contribution in [0.5, 0.6) is 0 Å². The maximum atomic E-state index is 8.90. The average molecular weight is 205 g/mol. The molecule has 1 aromatic carbocycles. The van der Waals surface area contributed by atoms with Crippen LogP contribution in [0.25, 0.3) is 0 Å². The first kappa shape index (κ1) is 9.85. The van der Waals surface area contributed by atoms with Crippen molar-refractivity contribution in [2.24, 2.45) is 0 Å². The second-order valence-electron chi connectivity index (χ2n) is 2.73. The molecular weight excluding hydrogens is 195 g/mol. The Morgan fingerprint density at radius 2 is 2.08 bits per heavy atom. The van der Waals surface area contributed by atoms with Crippen molar-refractivity contribution in [3.8, 4) is 0 Å². The highest BCUT2D eigenvalue weighted by molar-refractivity contribution is 6.42. The van der Waals surface area contributed by atoms with Crippen LogP contribution < -0.4 is 0 Å². The fourth-order valence-corrected chi connectivity index (χ4v) is 1.49. The summed E-state index contributed by atoms with van der Waals surface area (Å²) in [6.07, 6.45) is 0. The van der Waals surface area contributed by atoms with E-state index in [1.807, 2.05) is 19.1 Å². The summed E-state index contributed by atoms with van der Waals surface area (Å²) in [5.74, 6) is 0.0381. The molecule has 12 heavy (non-hydrogen) atoms. The summed E-state index contributed by atoms with van der Waals surface area (Å²) in [7, 11) is 0. The third-order valence-electron chi connectivity index (χ3n) is 1.79. The van der Waals surface area contributed by atoms with E-state index in [1.54, 1.807) is 6.07 Å². The Balaban J connectivity index is 3.07. The summed E-state index contributed by atoms with van der Waals surface area (Å²) in [6, 6.07) is 5.43. The van der Waals surface area contributed by atoms with Crippen molar-refractivity contribution in [1.82, 2.24) is 0 Å². The molecule has 1 nitrogen and oxygen atoms in total. The van der Waals surface area contributed by atoms with Crippen molar-refractivity contribution >= 4 is 23.2 Å². The molecule has 0 saturated carbocycles. The van der Waals surface area contributed by atoms with Gasteiger partial charge in [0.2, 0.25) is 0 Å². The molecule has 0 radical (unpaired) electrons. The molecule has 0 fully saturated rings. The number of aliphatic hydroxyl groups is 1. The molecular formula is C9H10Cl2O. The first-order valence-electron chi connectivity index (χ1n) is 3.71. The van der Waals surface area contributed by atoms with Crippen LogP contribution in [0.15, 0.2) is 18.2 Å². The molecule has 0 saturated heterocycles. The highest BCUT2D eigenvalue weighted by atomic mass is 35.5. The second kappa shape index (κ2) is 4.13. The molecule has 0 aliphatic heterocycles. The maximum absolute atomic E-state index is 8.90. The maximum Gasteiger partial charge on any atom is 0.0627 e. The topological polar surface area (TPSA) is 20.2 Å². The van der Waals surface area contributed by atoms with Crippen molar-refractivity contribution in [1.29, 1.82) is 0 Å². The molecule has 0 aliphatic rings. The van der Waals surface area contributed by atoms with E-state index < -0.39 is 0 Å². The van der Waals surface area contributed by atoms with Crippen molar-refractivity contribution in [2.75, 3.05) is 6.61 Å². The van der Waals surface area contributed by atoms with Gasteiger partial charge in [0, 0.05) is 12.5 Å². The lowest BCUT2D eigenvalue weighted by atomic mass is 10.0. The average Bonchev–Trinajstić information content (AvgIpc) is 2.08. The lowest BCUT2D eigenvalue weighted by Gasteiger charge is -2.10. The van der Waals surface area contributed by atoms with Gasteiger partial charge < -0.3 is 5.11 Å². The molecule has 3 heteroatoms. The fourth-order valence-electron chi connectivity index (χ4n) is 0.999. The van der Waals surface area contributed by atoms with E-state index in [9.17, 15) is 0 Å². The quantitative estimate of drug-likeness (QED) is 0.786. The number of hydrogen-bond donors (Lipinski definition) is 1. The second-order valence-corrected chi connectivity index (χ2v) is 3.51. The van der Waals surface area contributed by atoms with Gasteiger partial charge >= 0.3 is 0 Å². The molecule has 0 aliphatic carbocycles. The lowest BCUT2D eigenvalue weighted by molar-refractivity contribution is 0.273. The summed E-state index contributed by atoms with van der Waals surface area (Å²) in [5.41, 5.74) is 0.895. The van der Waals surface area contributed by atoms with Gasteiger partial charge in [0.15, 0.2) is 0 Å². The monoisotopic (exact) mass is 204 g/mol. The molecule has 66 valence electrons. The summed E-state index contributed by atoms with van der Waals surface area (Å²) in [6.45, 7) is 1.98. The van der Waals surface area contributed by atoms with Crippen molar-refractivity contribution in [3.05, 3.63) is 33.8 Å². The summed E-state index contributed by atoms with van der Waals surface area (Å²) in [5, 5.41) is 9.98. The van der Waals surface area contributed by atoms with Crippen LogP contribution >= 0.6 is 23.2 Å². The minimum Gasteiger partial charge on any atom is -0.396 e. The Hall–Kier alpha value is -0.240. The third-order valence-corrected chi connectivity index (χ3v) is 2.62. The largest absolute Gasteiger partial charge is 0.396 e. The van der Waals surface area contributed by atoms with Gasteiger partial charge in [-0.2, -0.15) is 0 Å². The summed E-state index contributed by atoms with van der Waals surface area (Å²) >= 11 is 11.7. The van der Waals surface area contributed by atoms with Crippen molar-refractivity contribution < 1.29 is 5.11 Å². The summed E-state index contributed by atoms with van der Waals surface area (Å²) in [4.78, 5) is 0. The predicted molar refractivity (Wildman–Crippen MR) is 52.0 cm³/mol. The number of hydrogen-bond acceptors (Lipinski definition) is 1. The summed E-state index contributed by atoms with van der Waals surface area (Å²) < 4.78 is 0. The molecule has 0 heterocycles. The van der Waals surface area contributed by atoms with E-state index in [0.717, 1.165) is 5.56 Å². The first-order valence-corrected chi connectivity index (χ1v) is 4.47. The third kappa shape index (κ3) is 1.92. The molecule has 1 atom stereocenters. The lowest BCUT2D eigenvalue weighted by Crippen LogP contribution is -1.99. The molecule has 1 N–H and O–H groups in total. The molecule has 0 bridgehead atoms. The zero-order chi connectivity index (χ0) is 9.14. The number of aliphatic hydroxyl groups excluding tert-OH is 1. The van der Waals surface area contributed by atoms with Gasteiger partial charge in [-0.05, 0) is 11.6 Å². The predicted octanol–water partition coefficient (Wildman–Crippen LogP) is 3.09. The number of rotatable bonds is 2. The molecule has 0 amide bonds. The Kier molecular flexibility index (Phi) is 3.39. The van der Waals surface area contributed by atoms with E-state index >= 15 is 0 Å². The molecule has 0 spiro atoms. The Morgan fingerprint density at radius 1 is 1.42 bits per heavy atom. The van der Waals surface area contributed by atoms with E-state index in [-0.39, 0.29) is 12.5 Å². The number of benzene rings is 1. The first-order chi connectivity index (χ1) is 5.66. The Morgan fingerprint density at radius 3 is 2.67 bits per heavy atom. The molecule has 1 unspecified atom stereocenters. The van der Waals surface area contributed by atoms with Crippen LogP contribution in [0.2, 0.25) is 10.0 Å². The van der Waals surface area contributed by atoms with Gasteiger partial charge in [0.05, 0.1) is 10.0 Å². The minimum atomic E-state index is 0.0381. The minimum absolute atomic E-state index is 0.0381. The van der Waals surface area contributed by atoms with Crippen LogP contribution in [0.4, 0.5) is 0 Å². The van der Waals surface area contributed by atoms with Gasteiger partial charge in [0.1, 0.15) is 0 Å². The van der Waals surface area contributed by atoms with Crippen LogP contribution in [-0.4, -0.2) is 11.7 Å².